The van der Waals surface area contributed by atoms with Crippen molar-refractivity contribution >= 4 is 0 Å². The minimum Gasteiger partial charge on any atom is -0.496 e. The molecule has 1 heterocycles. The number of rotatable bonds is 4. The molecule has 4 nitrogen and oxygen atoms in total. The number of benzene rings is 1. The largest absolute Gasteiger partial charge is 0.496 e. The van der Waals surface area contributed by atoms with Crippen LogP contribution in [0.3, 0.4) is 0 Å². The molecule has 1 saturated heterocycles. The number of likely N-dealkylation sites (N-methyl/N-ethyl adjacent to an activating group) is 1. The number of ether oxygens (including phenoxy) is 2. The van der Waals surface area contributed by atoms with Gasteiger partial charge in [0.15, 0.2) is 0 Å². The van der Waals surface area contributed by atoms with Crippen LogP contribution in [0.2, 0.25) is 0 Å². The first-order chi connectivity index (χ1) is 8.74. The van der Waals surface area contributed by atoms with Crippen LogP contribution in [0.1, 0.15) is 17.5 Å². The number of hydrogen-bond donors (Lipinski definition) is 0. The van der Waals surface area contributed by atoms with Gasteiger partial charge in [0.25, 0.3) is 0 Å². The van der Waals surface area contributed by atoms with E-state index in [1.54, 1.807) is 13.2 Å². The summed E-state index contributed by atoms with van der Waals surface area (Å²) in [5.74, 6) is 0.833. The summed E-state index contributed by atoms with van der Waals surface area (Å²) in [6, 6.07) is 8.15. The van der Waals surface area contributed by atoms with Crippen LogP contribution in [0.5, 0.6) is 5.75 Å². The molecule has 1 atom stereocenters. The molecule has 18 heavy (non-hydrogen) atoms. The van der Waals surface area contributed by atoms with Gasteiger partial charge in [-0.05, 0) is 31.7 Å². The van der Waals surface area contributed by atoms with Gasteiger partial charge < -0.3 is 9.47 Å². The van der Waals surface area contributed by atoms with Gasteiger partial charge in [-0.1, -0.05) is 0 Å². The fourth-order valence-electron chi connectivity index (χ4n) is 2.24. The van der Waals surface area contributed by atoms with E-state index in [-0.39, 0.29) is 0 Å². The topological polar surface area (TPSA) is 45.5 Å². The SMILES string of the molecule is COc1ccc(C#N)cc1CN(C)C1CCOC1. The second-order valence-corrected chi connectivity index (χ2v) is 4.57. The highest BCUT2D eigenvalue weighted by atomic mass is 16.5. The molecule has 0 amide bonds. The summed E-state index contributed by atoms with van der Waals surface area (Å²) < 4.78 is 10.7. The molecule has 1 aromatic carbocycles. The van der Waals surface area contributed by atoms with Crippen molar-refractivity contribution in [2.45, 2.75) is 19.0 Å². The fourth-order valence-corrected chi connectivity index (χ4v) is 2.24. The van der Waals surface area contributed by atoms with E-state index >= 15 is 0 Å². The molecule has 4 heteroatoms. The van der Waals surface area contributed by atoms with Crippen LogP contribution >= 0.6 is 0 Å². The second-order valence-electron chi connectivity index (χ2n) is 4.57. The lowest BCUT2D eigenvalue weighted by Crippen LogP contribution is -2.31. The summed E-state index contributed by atoms with van der Waals surface area (Å²) in [5, 5.41) is 8.95. The van der Waals surface area contributed by atoms with Gasteiger partial charge in [0.2, 0.25) is 0 Å². The summed E-state index contributed by atoms with van der Waals surface area (Å²) >= 11 is 0. The Balaban J connectivity index is 2.13. The molecule has 0 radical (unpaired) electrons. The smallest absolute Gasteiger partial charge is 0.123 e. The molecular formula is C14H18N2O2. The zero-order valence-electron chi connectivity index (χ0n) is 10.8. The minimum absolute atomic E-state index is 0.459. The van der Waals surface area contributed by atoms with E-state index in [1.807, 2.05) is 12.1 Å². The Kier molecular flexibility index (Phi) is 4.19. The van der Waals surface area contributed by atoms with Crippen molar-refractivity contribution in [2.75, 3.05) is 27.4 Å². The average molecular weight is 246 g/mol. The Bertz CT molecular complexity index is 448. The van der Waals surface area contributed by atoms with Crippen LogP contribution in [-0.4, -0.2) is 38.3 Å². The summed E-state index contributed by atoms with van der Waals surface area (Å²) in [6.45, 7) is 2.40. The van der Waals surface area contributed by atoms with Crippen molar-refractivity contribution in [1.29, 1.82) is 5.26 Å². The second kappa shape index (κ2) is 5.85. The molecule has 96 valence electrons. The van der Waals surface area contributed by atoms with Crippen LogP contribution in [-0.2, 0) is 11.3 Å². The molecule has 1 aromatic rings. The lowest BCUT2D eigenvalue weighted by molar-refractivity contribution is 0.156. The van der Waals surface area contributed by atoms with Gasteiger partial charge >= 0.3 is 0 Å². The molecule has 0 aromatic heterocycles. The molecule has 0 aliphatic carbocycles. The Labute approximate surface area is 108 Å². The van der Waals surface area contributed by atoms with Crippen molar-refractivity contribution in [3.63, 3.8) is 0 Å². The maximum absolute atomic E-state index is 8.95. The Morgan fingerprint density at radius 1 is 1.56 bits per heavy atom. The van der Waals surface area contributed by atoms with Crippen molar-refractivity contribution < 1.29 is 9.47 Å². The van der Waals surface area contributed by atoms with E-state index in [1.165, 1.54) is 0 Å². The molecule has 1 aliphatic heterocycles. The van der Waals surface area contributed by atoms with Gasteiger partial charge in [-0.2, -0.15) is 5.26 Å². The van der Waals surface area contributed by atoms with E-state index < -0.39 is 0 Å². The Hall–Kier alpha value is -1.57. The van der Waals surface area contributed by atoms with Crippen molar-refractivity contribution in [2.24, 2.45) is 0 Å². The number of nitrogens with zero attached hydrogens (tertiary/aromatic N) is 2. The van der Waals surface area contributed by atoms with E-state index in [4.69, 9.17) is 14.7 Å². The summed E-state index contributed by atoms with van der Waals surface area (Å²) in [5.41, 5.74) is 1.72. The molecule has 0 spiro atoms. The van der Waals surface area contributed by atoms with Crippen LogP contribution in [0.15, 0.2) is 18.2 Å². The van der Waals surface area contributed by atoms with Gasteiger partial charge in [-0.3, -0.25) is 4.90 Å². The first-order valence-electron chi connectivity index (χ1n) is 6.09. The normalized spacial score (nSPS) is 18.9. The zero-order valence-corrected chi connectivity index (χ0v) is 10.8. The third-order valence-electron chi connectivity index (χ3n) is 3.36. The van der Waals surface area contributed by atoms with E-state index in [0.717, 1.165) is 37.5 Å². The van der Waals surface area contributed by atoms with Crippen molar-refractivity contribution in [3.8, 4) is 11.8 Å². The van der Waals surface area contributed by atoms with Crippen LogP contribution in [0, 0.1) is 11.3 Å². The molecule has 2 rings (SSSR count). The highest BCUT2D eigenvalue weighted by molar-refractivity contribution is 5.42. The quantitative estimate of drug-likeness (QED) is 0.812. The molecule has 0 N–H and O–H groups in total. The third kappa shape index (κ3) is 2.81. The van der Waals surface area contributed by atoms with E-state index in [0.29, 0.717) is 11.6 Å². The standard InChI is InChI=1S/C14H18N2O2/c1-16(13-5-6-18-10-13)9-12-7-11(8-15)3-4-14(12)17-2/h3-4,7,13H,5-6,9-10H2,1-2H3. The van der Waals surface area contributed by atoms with Crippen molar-refractivity contribution in [1.82, 2.24) is 4.90 Å². The first-order valence-corrected chi connectivity index (χ1v) is 6.09. The monoisotopic (exact) mass is 246 g/mol. The molecule has 1 fully saturated rings. The highest BCUT2D eigenvalue weighted by Gasteiger charge is 2.21. The van der Waals surface area contributed by atoms with E-state index in [9.17, 15) is 0 Å². The minimum atomic E-state index is 0.459. The van der Waals surface area contributed by atoms with Crippen LogP contribution < -0.4 is 4.74 Å². The average Bonchev–Trinajstić information content (AvgIpc) is 2.92. The zero-order chi connectivity index (χ0) is 13.0. The molecular weight excluding hydrogens is 228 g/mol. The molecule has 0 saturated carbocycles. The molecule has 1 unspecified atom stereocenters. The molecule has 1 aliphatic rings. The first kappa shape index (κ1) is 12.9. The predicted octanol–water partition coefficient (Wildman–Crippen LogP) is 1.79. The van der Waals surface area contributed by atoms with Gasteiger partial charge in [-0.25, -0.2) is 0 Å². The number of hydrogen-bond acceptors (Lipinski definition) is 4. The van der Waals surface area contributed by atoms with Gasteiger partial charge in [0.1, 0.15) is 5.75 Å². The lowest BCUT2D eigenvalue weighted by Gasteiger charge is -2.23. The predicted molar refractivity (Wildman–Crippen MR) is 68.4 cm³/mol. The summed E-state index contributed by atoms with van der Waals surface area (Å²) in [4.78, 5) is 2.26. The maximum Gasteiger partial charge on any atom is 0.123 e. The number of nitriles is 1. The highest BCUT2D eigenvalue weighted by Crippen LogP contribution is 2.23. The Morgan fingerprint density at radius 3 is 3.00 bits per heavy atom. The van der Waals surface area contributed by atoms with E-state index in [2.05, 4.69) is 18.0 Å². The van der Waals surface area contributed by atoms with Crippen molar-refractivity contribution in [3.05, 3.63) is 29.3 Å². The maximum atomic E-state index is 8.95. The lowest BCUT2D eigenvalue weighted by atomic mass is 10.1. The molecule has 0 bridgehead atoms. The summed E-state index contributed by atoms with van der Waals surface area (Å²) in [7, 11) is 3.74. The van der Waals surface area contributed by atoms with Crippen LogP contribution in [0.4, 0.5) is 0 Å². The van der Waals surface area contributed by atoms with Gasteiger partial charge in [-0.15, -0.1) is 0 Å². The fraction of sp³-hybridized carbons (Fsp3) is 0.500. The van der Waals surface area contributed by atoms with Crippen LogP contribution in [0.25, 0.3) is 0 Å². The Morgan fingerprint density at radius 2 is 2.39 bits per heavy atom. The van der Waals surface area contributed by atoms with Gasteiger partial charge in [0.05, 0.1) is 25.3 Å². The number of methoxy groups -OCH3 is 1. The third-order valence-corrected chi connectivity index (χ3v) is 3.36. The summed E-state index contributed by atoms with van der Waals surface area (Å²) in [6.07, 6.45) is 1.07. The van der Waals surface area contributed by atoms with Gasteiger partial charge in [0, 0.05) is 24.8 Å².